The zero-order valence-corrected chi connectivity index (χ0v) is 12.2. The van der Waals surface area contributed by atoms with Crippen molar-refractivity contribution in [3.8, 4) is 23.0 Å². The molecule has 0 aliphatic rings. The Morgan fingerprint density at radius 3 is 2.33 bits per heavy atom. The number of nitriles is 1. The smallest absolute Gasteiger partial charge is 0.163 e. The Bertz CT molecular complexity index is 746. The molecule has 0 spiro atoms. The lowest BCUT2D eigenvalue weighted by Gasteiger charge is -2.08. The van der Waals surface area contributed by atoms with Gasteiger partial charge in [-0.2, -0.15) is 10.4 Å². The molecule has 102 valence electrons. The summed E-state index contributed by atoms with van der Waals surface area (Å²) in [6.07, 6.45) is 0. The van der Waals surface area contributed by atoms with Gasteiger partial charge in [-0.1, -0.05) is 41.4 Å². The van der Waals surface area contributed by atoms with Crippen molar-refractivity contribution < 1.29 is 0 Å². The first kappa shape index (κ1) is 13.4. The van der Waals surface area contributed by atoms with Gasteiger partial charge in [0, 0.05) is 16.7 Å². The van der Waals surface area contributed by atoms with Gasteiger partial charge in [-0.25, -0.2) is 4.68 Å². The van der Waals surface area contributed by atoms with Crippen LogP contribution in [0.25, 0.3) is 16.9 Å². The van der Waals surface area contributed by atoms with E-state index in [1.54, 1.807) is 10.7 Å². The molecule has 2 aromatic carbocycles. The summed E-state index contributed by atoms with van der Waals surface area (Å²) >= 11 is 5.92. The second kappa shape index (κ2) is 5.43. The molecule has 0 saturated carbocycles. The van der Waals surface area contributed by atoms with E-state index in [1.165, 1.54) is 5.56 Å². The van der Waals surface area contributed by atoms with Crippen LogP contribution in [0, 0.1) is 18.3 Å². The van der Waals surface area contributed by atoms with Crippen LogP contribution in [0.2, 0.25) is 5.02 Å². The fourth-order valence-corrected chi connectivity index (χ4v) is 2.27. The Labute approximate surface area is 128 Å². The van der Waals surface area contributed by atoms with E-state index in [9.17, 15) is 0 Å². The third-order valence-electron chi connectivity index (χ3n) is 3.24. The first-order valence-electron chi connectivity index (χ1n) is 6.50. The highest BCUT2D eigenvalue weighted by Crippen LogP contribution is 2.25. The molecular weight excluding hydrogens is 282 g/mol. The second-order valence-corrected chi connectivity index (χ2v) is 5.22. The Balaban J connectivity index is 2.16. The predicted octanol–water partition coefficient (Wildman–Crippen LogP) is 4.37. The average molecular weight is 294 g/mol. The molecule has 4 heteroatoms. The van der Waals surface area contributed by atoms with Crippen LogP contribution in [-0.2, 0) is 0 Å². The van der Waals surface area contributed by atoms with E-state index in [0.29, 0.717) is 10.7 Å². The van der Waals surface area contributed by atoms with Gasteiger partial charge in [-0.05, 0) is 31.2 Å². The molecule has 0 fully saturated rings. The maximum absolute atomic E-state index is 9.11. The molecule has 3 aromatic rings. The summed E-state index contributed by atoms with van der Waals surface area (Å²) in [5.74, 6) is 0. The number of aryl methyl sites for hydroxylation is 1. The summed E-state index contributed by atoms with van der Waals surface area (Å²) in [6.45, 7) is 2.04. The van der Waals surface area contributed by atoms with Crippen molar-refractivity contribution in [3.63, 3.8) is 0 Å². The quantitative estimate of drug-likeness (QED) is 0.704. The lowest BCUT2D eigenvalue weighted by atomic mass is 10.1. The molecule has 0 amide bonds. The van der Waals surface area contributed by atoms with Crippen LogP contribution in [0.5, 0.6) is 0 Å². The van der Waals surface area contributed by atoms with Gasteiger partial charge in [-0.3, -0.25) is 0 Å². The molecule has 0 N–H and O–H groups in total. The third-order valence-corrected chi connectivity index (χ3v) is 3.49. The van der Waals surface area contributed by atoms with Gasteiger partial charge in [0.05, 0.1) is 11.4 Å². The monoisotopic (exact) mass is 293 g/mol. The van der Waals surface area contributed by atoms with Crippen LogP contribution < -0.4 is 0 Å². The lowest BCUT2D eigenvalue weighted by molar-refractivity contribution is 0.880. The SMILES string of the molecule is Cc1ccc(-c2cc(C#N)nn2-c2ccc(Cl)cc2)cc1. The minimum absolute atomic E-state index is 0.389. The molecule has 0 saturated heterocycles. The van der Waals surface area contributed by atoms with Crippen LogP contribution in [-0.4, -0.2) is 9.78 Å². The molecule has 3 rings (SSSR count). The first-order chi connectivity index (χ1) is 10.2. The largest absolute Gasteiger partial charge is 0.232 e. The van der Waals surface area contributed by atoms with Crippen molar-refractivity contribution in [3.05, 3.63) is 70.9 Å². The normalized spacial score (nSPS) is 10.3. The number of hydrogen-bond acceptors (Lipinski definition) is 2. The van der Waals surface area contributed by atoms with Gasteiger partial charge in [0.2, 0.25) is 0 Å². The minimum atomic E-state index is 0.389. The van der Waals surface area contributed by atoms with Gasteiger partial charge in [0.1, 0.15) is 6.07 Å². The van der Waals surface area contributed by atoms with E-state index >= 15 is 0 Å². The zero-order valence-electron chi connectivity index (χ0n) is 11.4. The van der Waals surface area contributed by atoms with E-state index < -0.39 is 0 Å². The Morgan fingerprint density at radius 2 is 1.71 bits per heavy atom. The summed E-state index contributed by atoms with van der Waals surface area (Å²) in [7, 11) is 0. The van der Waals surface area contributed by atoms with E-state index in [2.05, 4.69) is 11.2 Å². The minimum Gasteiger partial charge on any atom is -0.232 e. The molecule has 0 unspecified atom stereocenters. The van der Waals surface area contributed by atoms with E-state index in [1.807, 2.05) is 55.5 Å². The average Bonchev–Trinajstić information content (AvgIpc) is 2.93. The number of aromatic nitrogens is 2. The number of nitrogens with zero attached hydrogens (tertiary/aromatic N) is 3. The molecule has 0 aliphatic heterocycles. The molecule has 0 atom stereocenters. The van der Waals surface area contributed by atoms with Crippen molar-refractivity contribution in [1.82, 2.24) is 9.78 Å². The van der Waals surface area contributed by atoms with Crippen LogP contribution >= 0.6 is 11.6 Å². The number of halogens is 1. The Kier molecular flexibility index (Phi) is 3.47. The van der Waals surface area contributed by atoms with Crippen molar-refractivity contribution in [2.24, 2.45) is 0 Å². The molecule has 0 bridgehead atoms. The standard InChI is InChI=1S/C17H12ClN3/c1-12-2-4-13(5-3-12)17-10-15(11-19)20-21(17)16-8-6-14(18)7-9-16/h2-10H,1H3. The van der Waals surface area contributed by atoms with E-state index in [-0.39, 0.29) is 0 Å². The van der Waals surface area contributed by atoms with Gasteiger partial charge in [-0.15, -0.1) is 0 Å². The summed E-state index contributed by atoms with van der Waals surface area (Å²) in [6, 6.07) is 19.4. The fraction of sp³-hybridized carbons (Fsp3) is 0.0588. The predicted molar refractivity (Wildman–Crippen MR) is 83.5 cm³/mol. The summed E-state index contributed by atoms with van der Waals surface area (Å²) in [5, 5.41) is 14.1. The molecular formula is C17H12ClN3. The second-order valence-electron chi connectivity index (χ2n) is 4.78. The summed E-state index contributed by atoms with van der Waals surface area (Å²) in [5.41, 5.74) is 4.35. The van der Waals surface area contributed by atoms with Crippen molar-refractivity contribution >= 4 is 11.6 Å². The van der Waals surface area contributed by atoms with Crippen molar-refractivity contribution in [1.29, 1.82) is 5.26 Å². The van der Waals surface area contributed by atoms with Crippen LogP contribution in [0.1, 0.15) is 11.3 Å². The van der Waals surface area contributed by atoms with E-state index in [0.717, 1.165) is 16.9 Å². The highest BCUT2D eigenvalue weighted by molar-refractivity contribution is 6.30. The molecule has 0 radical (unpaired) electrons. The topological polar surface area (TPSA) is 41.6 Å². The maximum Gasteiger partial charge on any atom is 0.163 e. The molecule has 1 aromatic heterocycles. The Hall–Kier alpha value is -2.57. The number of rotatable bonds is 2. The molecule has 1 heterocycles. The number of hydrogen-bond donors (Lipinski definition) is 0. The molecule has 0 aliphatic carbocycles. The van der Waals surface area contributed by atoms with Crippen molar-refractivity contribution in [2.45, 2.75) is 6.92 Å². The lowest BCUT2D eigenvalue weighted by Crippen LogP contribution is -1.99. The van der Waals surface area contributed by atoms with Crippen LogP contribution in [0.4, 0.5) is 0 Å². The van der Waals surface area contributed by atoms with Crippen molar-refractivity contribution in [2.75, 3.05) is 0 Å². The summed E-state index contributed by atoms with van der Waals surface area (Å²) < 4.78 is 1.76. The van der Waals surface area contributed by atoms with Gasteiger partial charge in [0.25, 0.3) is 0 Å². The van der Waals surface area contributed by atoms with Gasteiger partial charge in [0.15, 0.2) is 5.69 Å². The first-order valence-corrected chi connectivity index (χ1v) is 6.88. The van der Waals surface area contributed by atoms with E-state index in [4.69, 9.17) is 16.9 Å². The highest BCUT2D eigenvalue weighted by Gasteiger charge is 2.11. The number of benzene rings is 2. The Morgan fingerprint density at radius 1 is 1.05 bits per heavy atom. The summed E-state index contributed by atoms with van der Waals surface area (Å²) in [4.78, 5) is 0. The van der Waals surface area contributed by atoms with Gasteiger partial charge >= 0.3 is 0 Å². The molecule has 3 nitrogen and oxygen atoms in total. The zero-order chi connectivity index (χ0) is 14.8. The third kappa shape index (κ3) is 2.67. The van der Waals surface area contributed by atoms with Crippen LogP contribution in [0.3, 0.4) is 0 Å². The van der Waals surface area contributed by atoms with Crippen LogP contribution in [0.15, 0.2) is 54.6 Å². The molecule has 21 heavy (non-hydrogen) atoms. The highest BCUT2D eigenvalue weighted by atomic mass is 35.5. The fourth-order valence-electron chi connectivity index (χ4n) is 2.14. The van der Waals surface area contributed by atoms with Gasteiger partial charge < -0.3 is 0 Å². The maximum atomic E-state index is 9.11.